The van der Waals surface area contributed by atoms with Crippen LogP contribution in [-0.2, 0) is 9.59 Å². The Hall–Kier alpha value is -2.04. The Bertz CT molecular complexity index is 500. The van der Waals surface area contributed by atoms with Crippen molar-refractivity contribution in [3.05, 3.63) is 18.2 Å². The second kappa shape index (κ2) is 8.29. The zero-order valence-electron chi connectivity index (χ0n) is 13.2. The maximum Gasteiger partial charge on any atom is 0.227 e. The van der Waals surface area contributed by atoms with Gasteiger partial charge in [0.2, 0.25) is 11.8 Å². The van der Waals surface area contributed by atoms with Gasteiger partial charge in [-0.15, -0.1) is 0 Å². The number of ether oxygens (including phenoxy) is 1. The molecule has 1 aromatic carbocycles. The van der Waals surface area contributed by atoms with Crippen LogP contribution in [0, 0.1) is 5.92 Å². The van der Waals surface area contributed by atoms with Crippen LogP contribution in [0.15, 0.2) is 18.2 Å². The van der Waals surface area contributed by atoms with Crippen molar-refractivity contribution in [2.45, 2.75) is 40.0 Å². The summed E-state index contributed by atoms with van der Waals surface area (Å²) in [7, 11) is 1.53. The van der Waals surface area contributed by atoms with Crippen LogP contribution in [0.2, 0.25) is 0 Å². The minimum atomic E-state index is -0.151. The van der Waals surface area contributed by atoms with Crippen LogP contribution in [0.5, 0.6) is 5.75 Å². The summed E-state index contributed by atoms with van der Waals surface area (Å²) in [5.41, 5.74) is 1.25. The van der Waals surface area contributed by atoms with Crippen LogP contribution in [0.4, 0.5) is 11.4 Å². The summed E-state index contributed by atoms with van der Waals surface area (Å²) in [5.74, 6) is 0.318. The van der Waals surface area contributed by atoms with E-state index in [0.29, 0.717) is 17.1 Å². The molecule has 5 nitrogen and oxygen atoms in total. The SMILES string of the molecule is CCCCC(C)C(=O)Nc1ccc(NC(C)=O)cc1OC. The van der Waals surface area contributed by atoms with E-state index in [9.17, 15) is 9.59 Å². The Morgan fingerprint density at radius 1 is 1.29 bits per heavy atom. The number of carbonyl (C=O) groups excluding carboxylic acids is 2. The number of nitrogens with one attached hydrogen (secondary N) is 2. The quantitative estimate of drug-likeness (QED) is 0.809. The van der Waals surface area contributed by atoms with Crippen LogP contribution in [0.3, 0.4) is 0 Å². The highest BCUT2D eigenvalue weighted by atomic mass is 16.5. The van der Waals surface area contributed by atoms with Crippen molar-refractivity contribution >= 4 is 23.2 Å². The first-order valence-electron chi connectivity index (χ1n) is 7.24. The van der Waals surface area contributed by atoms with Crippen LogP contribution < -0.4 is 15.4 Å². The number of benzene rings is 1. The minimum absolute atomic E-state index is 0.0194. The Labute approximate surface area is 126 Å². The van der Waals surface area contributed by atoms with E-state index in [0.717, 1.165) is 19.3 Å². The molecule has 0 saturated carbocycles. The average molecular weight is 292 g/mol. The standard InChI is InChI=1S/C16H24N2O3/c1-5-6-7-11(2)16(20)18-14-9-8-13(17-12(3)19)10-15(14)21-4/h8-11H,5-7H2,1-4H3,(H,17,19)(H,18,20). The molecule has 0 saturated heterocycles. The van der Waals surface area contributed by atoms with Gasteiger partial charge in [0.1, 0.15) is 5.75 Å². The lowest BCUT2D eigenvalue weighted by molar-refractivity contribution is -0.119. The van der Waals surface area contributed by atoms with E-state index in [1.807, 2.05) is 6.92 Å². The van der Waals surface area contributed by atoms with E-state index in [1.165, 1.54) is 14.0 Å². The summed E-state index contributed by atoms with van der Waals surface area (Å²) in [6, 6.07) is 5.15. The third-order valence-corrected chi connectivity index (χ3v) is 3.22. The molecule has 0 aromatic heterocycles. The third kappa shape index (κ3) is 5.45. The van der Waals surface area contributed by atoms with Crippen molar-refractivity contribution in [3.63, 3.8) is 0 Å². The van der Waals surface area contributed by atoms with E-state index >= 15 is 0 Å². The molecule has 5 heteroatoms. The van der Waals surface area contributed by atoms with E-state index in [-0.39, 0.29) is 17.7 Å². The molecule has 0 fully saturated rings. The van der Waals surface area contributed by atoms with Crippen molar-refractivity contribution in [2.24, 2.45) is 5.92 Å². The number of carbonyl (C=O) groups is 2. The molecule has 0 aliphatic rings. The van der Waals surface area contributed by atoms with Crippen molar-refractivity contribution in [1.82, 2.24) is 0 Å². The highest BCUT2D eigenvalue weighted by Gasteiger charge is 2.15. The first-order valence-corrected chi connectivity index (χ1v) is 7.24. The van der Waals surface area contributed by atoms with Crippen molar-refractivity contribution < 1.29 is 14.3 Å². The summed E-state index contributed by atoms with van der Waals surface area (Å²) in [6.07, 6.45) is 2.98. The molecule has 0 spiro atoms. The Morgan fingerprint density at radius 3 is 2.57 bits per heavy atom. The molecule has 0 radical (unpaired) electrons. The number of hydrogen-bond acceptors (Lipinski definition) is 3. The topological polar surface area (TPSA) is 67.4 Å². The van der Waals surface area contributed by atoms with E-state index < -0.39 is 0 Å². The number of hydrogen-bond donors (Lipinski definition) is 2. The maximum atomic E-state index is 12.1. The lowest BCUT2D eigenvalue weighted by Gasteiger charge is -2.15. The highest BCUT2D eigenvalue weighted by molar-refractivity contribution is 5.95. The molecular formula is C16H24N2O3. The van der Waals surface area contributed by atoms with Crippen molar-refractivity contribution in [1.29, 1.82) is 0 Å². The fourth-order valence-corrected chi connectivity index (χ4v) is 1.97. The van der Waals surface area contributed by atoms with Gasteiger partial charge in [0, 0.05) is 24.6 Å². The number of rotatable bonds is 7. The summed E-state index contributed by atoms with van der Waals surface area (Å²) < 4.78 is 5.26. The first-order chi connectivity index (χ1) is 9.97. The van der Waals surface area contributed by atoms with Gasteiger partial charge in [-0.25, -0.2) is 0 Å². The monoisotopic (exact) mass is 292 g/mol. The number of anilines is 2. The summed E-state index contributed by atoms with van der Waals surface area (Å²) in [5, 5.41) is 5.55. The molecule has 0 heterocycles. The van der Waals surface area contributed by atoms with Crippen LogP contribution in [0.25, 0.3) is 0 Å². The van der Waals surface area contributed by atoms with Crippen molar-refractivity contribution in [3.8, 4) is 5.75 Å². The van der Waals surface area contributed by atoms with Gasteiger partial charge in [-0.05, 0) is 18.6 Å². The van der Waals surface area contributed by atoms with Crippen LogP contribution in [-0.4, -0.2) is 18.9 Å². The van der Waals surface area contributed by atoms with E-state index in [4.69, 9.17) is 4.74 Å². The van der Waals surface area contributed by atoms with Gasteiger partial charge in [0.25, 0.3) is 0 Å². The van der Waals surface area contributed by atoms with Gasteiger partial charge >= 0.3 is 0 Å². The molecule has 0 bridgehead atoms. The zero-order valence-corrected chi connectivity index (χ0v) is 13.2. The Morgan fingerprint density at radius 2 is 2.00 bits per heavy atom. The largest absolute Gasteiger partial charge is 0.494 e. The van der Waals surface area contributed by atoms with Gasteiger partial charge < -0.3 is 15.4 Å². The van der Waals surface area contributed by atoms with E-state index in [1.54, 1.807) is 18.2 Å². The second-order valence-corrected chi connectivity index (χ2v) is 5.13. The molecule has 0 aliphatic heterocycles. The van der Waals surface area contributed by atoms with Gasteiger partial charge in [0.15, 0.2) is 0 Å². The smallest absolute Gasteiger partial charge is 0.227 e. The summed E-state index contributed by atoms with van der Waals surface area (Å²) >= 11 is 0. The van der Waals surface area contributed by atoms with Crippen LogP contribution in [0.1, 0.15) is 40.0 Å². The molecule has 2 N–H and O–H groups in total. The van der Waals surface area contributed by atoms with Gasteiger partial charge in [-0.2, -0.15) is 0 Å². The molecule has 1 unspecified atom stereocenters. The Kier molecular flexibility index (Phi) is 6.72. The molecule has 1 aromatic rings. The molecular weight excluding hydrogens is 268 g/mol. The van der Waals surface area contributed by atoms with E-state index in [2.05, 4.69) is 17.6 Å². The molecule has 0 aliphatic carbocycles. The highest BCUT2D eigenvalue weighted by Crippen LogP contribution is 2.28. The minimum Gasteiger partial charge on any atom is -0.494 e. The number of amides is 2. The fourth-order valence-electron chi connectivity index (χ4n) is 1.97. The third-order valence-electron chi connectivity index (χ3n) is 3.22. The van der Waals surface area contributed by atoms with Gasteiger partial charge in [-0.1, -0.05) is 26.7 Å². The van der Waals surface area contributed by atoms with Crippen molar-refractivity contribution in [2.75, 3.05) is 17.7 Å². The fraction of sp³-hybridized carbons (Fsp3) is 0.500. The Balaban J connectivity index is 2.78. The molecule has 1 rings (SSSR count). The molecule has 2 amide bonds. The second-order valence-electron chi connectivity index (χ2n) is 5.13. The average Bonchev–Trinajstić information content (AvgIpc) is 2.45. The number of unbranched alkanes of at least 4 members (excludes halogenated alkanes) is 1. The zero-order chi connectivity index (χ0) is 15.8. The molecule has 116 valence electrons. The summed E-state index contributed by atoms with van der Waals surface area (Å²) in [6.45, 7) is 5.47. The van der Waals surface area contributed by atoms with Crippen LogP contribution >= 0.6 is 0 Å². The normalized spacial score (nSPS) is 11.6. The number of methoxy groups -OCH3 is 1. The first kappa shape index (κ1) is 17.0. The molecule has 21 heavy (non-hydrogen) atoms. The lowest BCUT2D eigenvalue weighted by atomic mass is 10.0. The summed E-state index contributed by atoms with van der Waals surface area (Å²) in [4.78, 5) is 23.2. The lowest BCUT2D eigenvalue weighted by Crippen LogP contribution is -2.20. The predicted octanol–water partition coefficient (Wildman–Crippen LogP) is 3.42. The van der Waals surface area contributed by atoms with Gasteiger partial charge in [-0.3, -0.25) is 9.59 Å². The molecule has 1 atom stereocenters. The maximum absolute atomic E-state index is 12.1. The predicted molar refractivity (Wildman–Crippen MR) is 84.6 cm³/mol. The van der Waals surface area contributed by atoms with Gasteiger partial charge in [0.05, 0.1) is 12.8 Å².